The summed E-state index contributed by atoms with van der Waals surface area (Å²) in [6.45, 7) is 45.7. The predicted octanol–water partition coefficient (Wildman–Crippen LogP) is 21.7. The average molecular weight is 2150 g/mol. The lowest BCUT2D eigenvalue weighted by atomic mass is 9.96. The SMILES string of the molecule is C=CCSC1=NC(C)=NC1.C=CCSC1=NCC=N1.C=CCSc1n[nH]c(-c2ccc(C)cc2)n1.C=CCSc1n[nH]c(-c2ccc(Cl)cc2)n1.C=CCSc1n[nH]c(C(C)(C)C)n1.C=CCSc1ncnn1CC=C.Cc1ccc(-c2nc(SCc3cn(Cc4ccccc4)nn3)n(Cc3cn(Cc4ccccc4)nn3)n2)cc1.Cc1nc(SCc2cn(Cc3ccccc3)nn2)n(Cc2cn(Cc3ccccc3)nn2)n1. The molecule has 0 spiro atoms. The standard InChI is InChI=1S/C29H27N9S.C23H23N9S.C12H13N3S.C11H10ClN3S.C9H15N3S.C8H11N3S.C7H10N2S.C6H8N2S/c1-22-12-14-25(15-13-22)28-30-29(39-21-27-19-37(35-32-27)17-24-10-6-3-7-11-24)38(33-28)20-26-18-36(34-31-26)16-23-8-4-2-5-9-23;1-18-24-23(33-17-22-15-31(29-26-22)13-20-10-6-3-7-11-20)32(27-18)16-21-14-30(28-25-21)12-19-8-4-2-5-9-19;1-3-8-16-12-13-11(14-15-12)10-6-4-9(2)5-7-10;1-2-7-16-11-13-10(14-15-11)8-3-5-9(12)6-4-8;1-5-6-13-8-10-7(11-12-8)9(2,3)4;1-3-5-11-8(9-7-10-11)12-6-4-2;1-3-4-10-7-5-8-6(2)9-7;1-2-5-9-6-7-3-4-8-6/h2-15,18-19H,16-17,20-21H2,1H3;2-11,14-15H,12-13,16-17H2,1H3;3-7H,1,8H2,2H3,(H,13,14,15);2-6H,1,7H2,(H,13,14,15);5H,1,6H2,2-4H3,(H,10,11,12);3-4,7H,1-2,5-6H2;3H,1,4-5H2,2H3;2-3H,1,4-5H2. The number of aryl methyl sites for hydroxylation is 3. The molecule has 0 fully saturated rings. The van der Waals surface area contributed by atoms with Gasteiger partial charge in [-0.2, -0.15) is 10.2 Å². The molecule has 0 amide bonds. The van der Waals surface area contributed by atoms with E-state index in [1.165, 1.54) is 33.4 Å². The van der Waals surface area contributed by atoms with E-state index < -0.39 is 0 Å². The molecule has 0 aliphatic carbocycles. The predicted molar refractivity (Wildman–Crippen MR) is 608 cm³/mol. The fourth-order valence-electron chi connectivity index (χ4n) is 12.8. The highest BCUT2D eigenvalue weighted by atomic mass is 35.5. The second-order valence-electron chi connectivity index (χ2n) is 32.9. The van der Waals surface area contributed by atoms with Crippen LogP contribution >= 0.6 is 106 Å². The molecule has 34 nitrogen and oxygen atoms in total. The summed E-state index contributed by atoms with van der Waals surface area (Å²) >= 11 is 18.6. The Kier molecular flexibility index (Phi) is 46.8. The van der Waals surface area contributed by atoms with E-state index in [-0.39, 0.29) is 5.41 Å². The van der Waals surface area contributed by atoms with Crippen molar-refractivity contribution < 1.29 is 0 Å². The number of hydrogen-bond donors (Lipinski definition) is 3. The molecule has 19 rings (SSSR count). The number of H-pyrrole nitrogens is 3. The molecule has 0 saturated carbocycles. The summed E-state index contributed by atoms with van der Waals surface area (Å²) in [6, 6.07) is 64.8. The van der Waals surface area contributed by atoms with Crippen LogP contribution in [0.15, 0.2) is 365 Å². The minimum Gasteiger partial charge on any atom is -0.264 e. The number of allylic oxidation sites excluding steroid dienone is 1. The second kappa shape index (κ2) is 61.5. The zero-order chi connectivity index (χ0) is 104. The molecule has 43 heteroatoms. The lowest BCUT2D eigenvalue weighted by Gasteiger charge is -2.12. The Morgan fingerprint density at radius 2 is 0.804 bits per heavy atom. The molecule has 0 atom stereocenters. The van der Waals surface area contributed by atoms with Crippen LogP contribution in [-0.2, 0) is 62.7 Å². The first-order valence-corrected chi connectivity index (χ1v) is 55.0. The van der Waals surface area contributed by atoms with Crippen molar-refractivity contribution in [1.29, 1.82) is 0 Å². The summed E-state index contributed by atoms with van der Waals surface area (Å²) in [7, 11) is 0. The van der Waals surface area contributed by atoms with Crippen molar-refractivity contribution in [2.24, 2.45) is 20.0 Å². The Labute approximate surface area is 901 Å². The van der Waals surface area contributed by atoms with Gasteiger partial charge in [-0.05, 0) is 74.2 Å². The Balaban J connectivity index is 0.000000160. The smallest absolute Gasteiger partial charge is 0.209 e. The average Bonchev–Trinajstić information content (AvgIpc) is 1.67. The van der Waals surface area contributed by atoms with Crippen molar-refractivity contribution in [3.8, 4) is 34.2 Å². The fraction of sp³-hybridized carbons (Fsp3) is 0.238. The van der Waals surface area contributed by atoms with Gasteiger partial charge in [-0.3, -0.25) is 25.3 Å². The van der Waals surface area contributed by atoms with Crippen LogP contribution in [0.1, 0.15) is 95.5 Å². The van der Waals surface area contributed by atoms with Crippen LogP contribution in [0, 0.1) is 20.8 Å². The van der Waals surface area contributed by atoms with Crippen LogP contribution in [-0.4, -0.2) is 220 Å². The van der Waals surface area contributed by atoms with Gasteiger partial charge < -0.3 is 0 Å². The van der Waals surface area contributed by atoms with Gasteiger partial charge in [-0.1, -0.05) is 359 Å². The van der Waals surface area contributed by atoms with Crippen LogP contribution in [0.5, 0.6) is 0 Å². The monoisotopic (exact) mass is 2140 g/mol. The molecule has 0 bridgehead atoms. The number of aromatic amines is 3. The molecule has 0 saturated heterocycles. The van der Waals surface area contributed by atoms with Gasteiger partial charge in [0.15, 0.2) is 38.1 Å². The third-order valence-corrected chi connectivity index (χ3v) is 27.4. The maximum atomic E-state index is 5.81. The van der Waals surface area contributed by atoms with E-state index in [4.69, 9.17) is 21.7 Å². The second-order valence-corrected chi connectivity index (χ2v) is 41.3. The molecule has 3 N–H and O–H groups in total. The summed E-state index contributed by atoms with van der Waals surface area (Å²) in [5.74, 6) is 11.2. The molecule has 10 aromatic heterocycles. The number of amidine groups is 2. The molecular formula is C105H117ClN34S8. The highest BCUT2D eigenvalue weighted by Crippen LogP contribution is 2.30. The van der Waals surface area contributed by atoms with Crippen molar-refractivity contribution in [3.05, 3.63) is 387 Å². The molecule has 7 aromatic carbocycles. The summed E-state index contributed by atoms with van der Waals surface area (Å²) in [4.78, 5) is 43.1. The maximum absolute atomic E-state index is 5.81. The van der Waals surface area contributed by atoms with E-state index in [0.717, 1.165) is 157 Å². The maximum Gasteiger partial charge on any atom is 0.209 e. The summed E-state index contributed by atoms with van der Waals surface area (Å²) in [5, 5.41) is 76.5. The third kappa shape index (κ3) is 39.3. The number of aliphatic imine (C=N–C) groups is 4. The largest absolute Gasteiger partial charge is 0.264 e. The molecule has 2 aliphatic rings. The van der Waals surface area contributed by atoms with E-state index >= 15 is 0 Å². The highest BCUT2D eigenvalue weighted by molar-refractivity contribution is 8.14. The van der Waals surface area contributed by atoms with Crippen LogP contribution in [0.25, 0.3) is 34.2 Å². The van der Waals surface area contributed by atoms with Crippen LogP contribution in [0.4, 0.5) is 0 Å². The Bertz CT molecular complexity index is 6960. The van der Waals surface area contributed by atoms with Gasteiger partial charge >= 0.3 is 0 Å². The van der Waals surface area contributed by atoms with E-state index in [1.807, 2.05) is 219 Å². The van der Waals surface area contributed by atoms with E-state index in [2.05, 4.69) is 293 Å². The van der Waals surface area contributed by atoms with Crippen LogP contribution in [0.2, 0.25) is 5.02 Å². The molecule has 148 heavy (non-hydrogen) atoms. The number of nitrogens with zero attached hydrogens (tertiary/aromatic N) is 31. The Morgan fingerprint density at radius 1 is 0.392 bits per heavy atom. The molecule has 0 unspecified atom stereocenters. The normalized spacial score (nSPS) is 11.6. The molecule has 0 radical (unpaired) electrons. The van der Waals surface area contributed by atoms with Gasteiger partial charge in [-0.15, -0.1) is 98.6 Å². The first-order valence-electron chi connectivity index (χ1n) is 46.7. The minimum absolute atomic E-state index is 0.0417. The number of rotatable bonds is 39. The molecule has 12 heterocycles. The van der Waals surface area contributed by atoms with Gasteiger partial charge in [0.05, 0.1) is 87.7 Å². The molecule has 17 aromatic rings. The molecular weight excluding hydrogens is 2030 g/mol. The summed E-state index contributed by atoms with van der Waals surface area (Å²) in [5.41, 5.74) is 13.7. The van der Waals surface area contributed by atoms with Crippen molar-refractivity contribution >= 4 is 128 Å². The quantitative estimate of drug-likeness (QED) is 0.0238. The van der Waals surface area contributed by atoms with Crippen LogP contribution in [0.3, 0.4) is 0 Å². The van der Waals surface area contributed by atoms with Crippen molar-refractivity contribution in [2.75, 3.05) is 47.6 Å². The van der Waals surface area contributed by atoms with E-state index in [0.29, 0.717) is 68.2 Å². The number of halogens is 1. The van der Waals surface area contributed by atoms with Gasteiger partial charge in [0.2, 0.25) is 15.5 Å². The molecule has 2 aliphatic heterocycles. The lowest BCUT2D eigenvalue weighted by molar-refractivity contribution is 0.547. The zero-order valence-electron chi connectivity index (χ0n) is 83.5. The minimum atomic E-state index is 0.0417. The lowest BCUT2D eigenvalue weighted by Crippen LogP contribution is -2.13. The number of nitrogens with one attached hydrogen (secondary N) is 3. The number of hydrogen-bond acceptors (Lipinski definition) is 32. The first-order chi connectivity index (χ1) is 72.1. The topological polar surface area (TPSA) is 389 Å². The number of thioether (sulfide) groups is 8. The summed E-state index contributed by atoms with van der Waals surface area (Å²) < 4.78 is 13.0. The van der Waals surface area contributed by atoms with Crippen molar-refractivity contribution in [2.45, 2.75) is 142 Å². The van der Waals surface area contributed by atoms with Gasteiger partial charge in [0, 0.05) is 91.8 Å². The summed E-state index contributed by atoms with van der Waals surface area (Å²) in [6.07, 6.45) is 24.1. The van der Waals surface area contributed by atoms with E-state index in [9.17, 15) is 0 Å². The molecule has 762 valence electrons. The van der Waals surface area contributed by atoms with E-state index in [1.54, 1.807) is 111 Å². The fourth-order valence-corrected chi connectivity index (χ4v) is 18.1. The van der Waals surface area contributed by atoms with Gasteiger partial charge in [0.1, 0.15) is 35.2 Å². The van der Waals surface area contributed by atoms with Crippen LogP contribution < -0.4 is 0 Å². The third-order valence-electron chi connectivity index (χ3n) is 19.8. The highest BCUT2D eigenvalue weighted by Gasteiger charge is 2.21. The Hall–Kier alpha value is -14.1. The zero-order valence-corrected chi connectivity index (χ0v) is 90.7. The van der Waals surface area contributed by atoms with Crippen molar-refractivity contribution in [1.82, 2.24) is 150 Å². The number of benzene rings is 7. The number of aromatic nitrogens is 30. The first kappa shape index (κ1) is 113. The van der Waals surface area contributed by atoms with Crippen molar-refractivity contribution in [3.63, 3.8) is 0 Å². The van der Waals surface area contributed by atoms with Gasteiger partial charge in [-0.25, -0.2) is 72.7 Å². The van der Waals surface area contributed by atoms with Gasteiger partial charge in [0.25, 0.3) is 0 Å². The Morgan fingerprint density at radius 3 is 1.24 bits per heavy atom.